The van der Waals surface area contributed by atoms with Crippen molar-refractivity contribution in [1.29, 1.82) is 0 Å². The van der Waals surface area contributed by atoms with Crippen molar-refractivity contribution in [2.75, 3.05) is 26.2 Å². The van der Waals surface area contributed by atoms with E-state index >= 15 is 0 Å². The summed E-state index contributed by atoms with van der Waals surface area (Å²) in [6, 6.07) is 7.10. The molecule has 1 amide bonds. The fourth-order valence-corrected chi connectivity index (χ4v) is 2.95. The first-order valence-corrected chi connectivity index (χ1v) is 8.41. The number of benzene rings is 1. The van der Waals surface area contributed by atoms with Gasteiger partial charge in [0.25, 0.3) is 5.91 Å². The van der Waals surface area contributed by atoms with Crippen LogP contribution in [0.3, 0.4) is 0 Å². The van der Waals surface area contributed by atoms with Crippen LogP contribution in [0.2, 0.25) is 5.02 Å². The second-order valence-electron chi connectivity index (χ2n) is 5.85. The first-order valence-electron chi connectivity index (χ1n) is 8.03. The minimum atomic E-state index is -0.528. The average Bonchev–Trinajstić information content (AvgIpc) is 3.08. The van der Waals surface area contributed by atoms with Gasteiger partial charge in [-0.3, -0.25) is 9.69 Å². The maximum atomic E-state index is 12.5. The van der Waals surface area contributed by atoms with Gasteiger partial charge in [0.05, 0.1) is 6.54 Å². The highest BCUT2D eigenvalue weighted by atomic mass is 35.5. The SMILES string of the molecule is C[C@@H](Oc1cccc(Cl)c1)C(=O)N1CCN(Cc2ncc[nH]2)CC1. The lowest BCUT2D eigenvalue weighted by Crippen LogP contribution is -2.51. The second-order valence-corrected chi connectivity index (χ2v) is 6.29. The zero-order valence-electron chi connectivity index (χ0n) is 13.6. The number of aromatic nitrogens is 2. The lowest BCUT2D eigenvalue weighted by molar-refractivity contribution is -0.139. The summed E-state index contributed by atoms with van der Waals surface area (Å²) in [4.78, 5) is 24.0. The van der Waals surface area contributed by atoms with Crippen LogP contribution < -0.4 is 4.74 Å². The topological polar surface area (TPSA) is 61.5 Å². The lowest BCUT2D eigenvalue weighted by Gasteiger charge is -2.35. The molecule has 1 aromatic heterocycles. The summed E-state index contributed by atoms with van der Waals surface area (Å²) in [5, 5.41) is 0.596. The van der Waals surface area contributed by atoms with Crippen molar-refractivity contribution in [3.8, 4) is 5.75 Å². The van der Waals surface area contributed by atoms with Crippen LogP contribution in [-0.2, 0) is 11.3 Å². The van der Waals surface area contributed by atoms with Crippen molar-refractivity contribution in [1.82, 2.24) is 19.8 Å². The Morgan fingerprint density at radius 2 is 2.17 bits per heavy atom. The van der Waals surface area contributed by atoms with Crippen LogP contribution in [-0.4, -0.2) is 58.0 Å². The number of hydrogen-bond donors (Lipinski definition) is 1. The highest BCUT2D eigenvalue weighted by Crippen LogP contribution is 2.19. The Balaban J connectivity index is 1.49. The number of H-pyrrole nitrogens is 1. The third kappa shape index (κ3) is 4.27. The molecular formula is C17H21ClN4O2. The van der Waals surface area contributed by atoms with E-state index in [2.05, 4.69) is 14.9 Å². The summed E-state index contributed by atoms with van der Waals surface area (Å²) >= 11 is 5.94. The molecule has 1 saturated heterocycles. The molecule has 3 rings (SSSR count). The minimum absolute atomic E-state index is 0.00706. The second kappa shape index (κ2) is 7.68. The van der Waals surface area contributed by atoms with Crippen molar-refractivity contribution in [2.45, 2.75) is 19.6 Å². The van der Waals surface area contributed by atoms with Gasteiger partial charge in [-0.2, -0.15) is 0 Å². The molecular weight excluding hydrogens is 328 g/mol. The van der Waals surface area contributed by atoms with Crippen molar-refractivity contribution >= 4 is 17.5 Å². The predicted molar refractivity (Wildman–Crippen MR) is 92.0 cm³/mol. The Bertz CT molecular complexity index is 669. The molecule has 1 aliphatic heterocycles. The molecule has 1 N–H and O–H groups in total. The maximum Gasteiger partial charge on any atom is 0.263 e. The molecule has 1 aromatic carbocycles. The third-order valence-electron chi connectivity index (χ3n) is 4.07. The molecule has 0 radical (unpaired) electrons. The Labute approximate surface area is 146 Å². The normalized spacial score (nSPS) is 16.8. The van der Waals surface area contributed by atoms with Crippen LogP contribution in [0, 0.1) is 0 Å². The number of imidazole rings is 1. The van der Waals surface area contributed by atoms with Gasteiger partial charge in [0, 0.05) is 43.6 Å². The Hall–Kier alpha value is -2.05. The number of ether oxygens (including phenoxy) is 1. The first-order chi connectivity index (χ1) is 11.6. The molecule has 0 spiro atoms. The number of rotatable bonds is 5. The van der Waals surface area contributed by atoms with Crippen molar-refractivity contribution in [3.63, 3.8) is 0 Å². The van der Waals surface area contributed by atoms with Crippen molar-refractivity contribution < 1.29 is 9.53 Å². The average molecular weight is 349 g/mol. The van der Waals surface area contributed by atoms with Crippen LogP contribution in [0.1, 0.15) is 12.7 Å². The third-order valence-corrected chi connectivity index (χ3v) is 4.30. The predicted octanol–water partition coefficient (Wildman–Crippen LogP) is 2.17. The molecule has 2 aromatic rings. The zero-order valence-corrected chi connectivity index (χ0v) is 14.4. The molecule has 2 heterocycles. The summed E-state index contributed by atoms with van der Waals surface area (Å²) in [5.74, 6) is 1.57. The molecule has 128 valence electrons. The highest BCUT2D eigenvalue weighted by molar-refractivity contribution is 6.30. The number of nitrogens with one attached hydrogen (secondary N) is 1. The van der Waals surface area contributed by atoms with E-state index in [0.29, 0.717) is 23.9 Å². The van der Waals surface area contributed by atoms with E-state index in [0.717, 1.165) is 25.5 Å². The summed E-state index contributed by atoms with van der Waals surface area (Å²) in [7, 11) is 0. The van der Waals surface area contributed by atoms with Gasteiger partial charge in [-0.25, -0.2) is 4.98 Å². The van der Waals surface area contributed by atoms with E-state index < -0.39 is 6.10 Å². The van der Waals surface area contributed by atoms with Crippen molar-refractivity contribution in [3.05, 3.63) is 47.5 Å². The van der Waals surface area contributed by atoms with Crippen LogP contribution in [0.5, 0.6) is 5.75 Å². The molecule has 1 fully saturated rings. The van der Waals surface area contributed by atoms with Crippen LogP contribution in [0.4, 0.5) is 0 Å². The van der Waals surface area contributed by atoms with E-state index in [1.165, 1.54) is 0 Å². The molecule has 24 heavy (non-hydrogen) atoms. The fourth-order valence-electron chi connectivity index (χ4n) is 2.77. The first kappa shape index (κ1) is 16.8. The quantitative estimate of drug-likeness (QED) is 0.899. The van der Waals surface area contributed by atoms with Crippen molar-refractivity contribution in [2.24, 2.45) is 0 Å². The summed E-state index contributed by atoms with van der Waals surface area (Å²) in [5.41, 5.74) is 0. The van der Waals surface area contributed by atoms with Gasteiger partial charge < -0.3 is 14.6 Å². The van der Waals surface area contributed by atoms with E-state index in [1.54, 1.807) is 31.3 Å². The largest absolute Gasteiger partial charge is 0.481 e. The van der Waals surface area contributed by atoms with Gasteiger partial charge in [0.15, 0.2) is 6.10 Å². The monoisotopic (exact) mass is 348 g/mol. The van der Waals surface area contributed by atoms with Gasteiger partial charge in [-0.15, -0.1) is 0 Å². The number of aromatic amines is 1. The molecule has 0 bridgehead atoms. The Morgan fingerprint density at radius 1 is 1.38 bits per heavy atom. The Morgan fingerprint density at radius 3 is 2.83 bits per heavy atom. The number of hydrogen-bond acceptors (Lipinski definition) is 4. The fraction of sp³-hybridized carbons (Fsp3) is 0.412. The maximum absolute atomic E-state index is 12.5. The van der Waals surface area contributed by atoms with Gasteiger partial charge >= 0.3 is 0 Å². The standard InChI is InChI=1S/C17H21ClN4O2/c1-13(24-15-4-2-3-14(18)11-15)17(23)22-9-7-21(8-10-22)12-16-19-5-6-20-16/h2-6,11,13H,7-10,12H2,1H3,(H,19,20)/t13-/m1/s1. The van der Waals surface area contributed by atoms with Gasteiger partial charge in [-0.05, 0) is 25.1 Å². The lowest BCUT2D eigenvalue weighted by atomic mass is 10.2. The zero-order chi connectivity index (χ0) is 16.9. The van der Waals surface area contributed by atoms with E-state index in [-0.39, 0.29) is 5.91 Å². The summed E-state index contributed by atoms with van der Waals surface area (Å²) in [6.07, 6.45) is 3.05. The molecule has 0 saturated carbocycles. The Kier molecular flexibility index (Phi) is 5.37. The van der Waals surface area contributed by atoms with Gasteiger partial charge in [0.1, 0.15) is 11.6 Å². The molecule has 7 heteroatoms. The van der Waals surface area contributed by atoms with Gasteiger partial charge in [-0.1, -0.05) is 17.7 Å². The molecule has 6 nitrogen and oxygen atoms in total. The molecule has 0 aliphatic carbocycles. The van der Waals surface area contributed by atoms with E-state index in [4.69, 9.17) is 16.3 Å². The smallest absolute Gasteiger partial charge is 0.263 e. The summed E-state index contributed by atoms with van der Waals surface area (Å²) in [6.45, 7) is 5.61. The van der Waals surface area contributed by atoms with Crippen LogP contribution in [0.15, 0.2) is 36.7 Å². The van der Waals surface area contributed by atoms with Crippen LogP contribution in [0.25, 0.3) is 0 Å². The molecule has 0 unspecified atom stereocenters. The summed E-state index contributed by atoms with van der Waals surface area (Å²) < 4.78 is 5.72. The number of carbonyl (C=O) groups is 1. The molecule has 1 atom stereocenters. The number of amides is 1. The van der Waals surface area contributed by atoms with Crippen LogP contribution >= 0.6 is 11.6 Å². The number of nitrogens with zero attached hydrogens (tertiary/aromatic N) is 3. The number of piperazine rings is 1. The van der Waals surface area contributed by atoms with Gasteiger partial charge in [0.2, 0.25) is 0 Å². The van der Waals surface area contributed by atoms with E-state index in [1.807, 2.05) is 17.2 Å². The number of carbonyl (C=O) groups excluding carboxylic acids is 1. The highest BCUT2D eigenvalue weighted by Gasteiger charge is 2.26. The minimum Gasteiger partial charge on any atom is -0.481 e. The number of halogens is 1. The molecule has 1 aliphatic rings. The van der Waals surface area contributed by atoms with E-state index in [9.17, 15) is 4.79 Å².